The maximum absolute atomic E-state index is 5.81. The Morgan fingerprint density at radius 3 is 2.89 bits per heavy atom. The molecule has 0 saturated heterocycles. The molecular formula is C11H11N5OS. The smallest absolute Gasteiger partial charge is 0.234 e. The lowest BCUT2D eigenvalue weighted by Gasteiger charge is -2.05. The maximum atomic E-state index is 5.81. The average Bonchev–Trinajstić information content (AvgIpc) is 2.92. The van der Waals surface area contributed by atoms with Crippen LogP contribution in [-0.2, 0) is 0 Å². The Bertz CT molecular complexity index is 717. The van der Waals surface area contributed by atoms with E-state index in [2.05, 4.69) is 15.3 Å². The van der Waals surface area contributed by atoms with Crippen LogP contribution in [0.2, 0.25) is 0 Å². The molecule has 1 aromatic carbocycles. The predicted molar refractivity (Wildman–Crippen MR) is 69.8 cm³/mol. The summed E-state index contributed by atoms with van der Waals surface area (Å²) < 4.78 is 7.03. The van der Waals surface area contributed by atoms with Crippen molar-refractivity contribution in [3.63, 3.8) is 0 Å². The van der Waals surface area contributed by atoms with E-state index in [1.54, 1.807) is 17.7 Å². The zero-order valence-electron chi connectivity index (χ0n) is 9.91. The molecule has 0 unspecified atom stereocenters. The number of ether oxygens (including phenoxy) is 1. The molecule has 92 valence electrons. The van der Waals surface area contributed by atoms with E-state index >= 15 is 0 Å². The Morgan fingerprint density at radius 1 is 1.33 bits per heavy atom. The molecule has 2 aromatic heterocycles. The minimum absolute atomic E-state index is 0.675. The number of nitrogen functional groups attached to an aromatic ring is 1. The first-order valence-corrected chi connectivity index (χ1v) is 6.13. The van der Waals surface area contributed by atoms with Crippen molar-refractivity contribution in [2.24, 2.45) is 0 Å². The number of anilines is 1. The topological polar surface area (TPSA) is 78.3 Å². The Kier molecular flexibility index (Phi) is 2.41. The summed E-state index contributed by atoms with van der Waals surface area (Å²) in [6.07, 6.45) is 0. The zero-order valence-corrected chi connectivity index (χ0v) is 10.7. The van der Waals surface area contributed by atoms with E-state index in [1.165, 1.54) is 11.3 Å². The van der Waals surface area contributed by atoms with Crippen molar-refractivity contribution in [2.75, 3.05) is 12.8 Å². The third kappa shape index (κ3) is 1.60. The monoisotopic (exact) mass is 261 g/mol. The van der Waals surface area contributed by atoms with Gasteiger partial charge in [-0.15, -0.1) is 10.2 Å². The number of aromatic nitrogens is 4. The van der Waals surface area contributed by atoms with Gasteiger partial charge in [0, 0.05) is 5.69 Å². The third-order valence-corrected chi connectivity index (χ3v) is 3.53. The Balaban J connectivity index is 2.21. The molecule has 0 fully saturated rings. The van der Waals surface area contributed by atoms with E-state index in [4.69, 9.17) is 10.5 Å². The third-order valence-electron chi connectivity index (χ3n) is 2.60. The molecule has 2 heterocycles. The summed E-state index contributed by atoms with van der Waals surface area (Å²) in [4.78, 5) is 0.756. The molecule has 0 amide bonds. The van der Waals surface area contributed by atoms with Crippen molar-refractivity contribution >= 4 is 22.0 Å². The second-order valence-corrected chi connectivity index (χ2v) is 4.76. The lowest BCUT2D eigenvalue weighted by atomic mass is 10.2. The summed E-state index contributed by atoms with van der Waals surface area (Å²) in [5, 5.41) is 13.3. The Labute approximate surface area is 107 Å². The van der Waals surface area contributed by atoms with Crippen molar-refractivity contribution in [3.8, 4) is 16.3 Å². The largest absolute Gasteiger partial charge is 0.496 e. The van der Waals surface area contributed by atoms with Crippen LogP contribution in [0.25, 0.3) is 15.5 Å². The molecule has 3 rings (SSSR count). The molecule has 0 aliphatic heterocycles. The Hall–Kier alpha value is -2.15. The van der Waals surface area contributed by atoms with Gasteiger partial charge in [-0.25, -0.2) is 0 Å². The standard InChI is InChI=1S/C11H11N5OS/c1-6-13-14-11-16(6)15-10(18-11)8-5-7(12)3-4-9(8)17-2/h3-5H,12H2,1-2H3. The van der Waals surface area contributed by atoms with Crippen LogP contribution in [0.15, 0.2) is 18.2 Å². The van der Waals surface area contributed by atoms with Gasteiger partial charge in [-0.1, -0.05) is 11.3 Å². The molecule has 0 spiro atoms. The lowest BCUT2D eigenvalue weighted by Crippen LogP contribution is -1.93. The molecule has 3 aromatic rings. The number of fused-ring (bicyclic) bond motifs is 1. The van der Waals surface area contributed by atoms with Crippen LogP contribution >= 0.6 is 11.3 Å². The number of hydrogen-bond donors (Lipinski definition) is 1. The first-order valence-electron chi connectivity index (χ1n) is 5.32. The van der Waals surface area contributed by atoms with E-state index < -0.39 is 0 Å². The highest BCUT2D eigenvalue weighted by Gasteiger charge is 2.14. The summed E-state index contributed by atoms with van der Waals surface area (Å²) in [6.45, 7) is 1.86. The number of hydrogen-bond acceptors (Lipinski definition) is 6. The minimum Gasteiger partial charge on any atom is -0.496 e. The quantitative estimate of drug-likeness (QED) is 0.711. The zero-order chi connectivity index (χ0) is 12.7. The van der Waals surface area contributed by atoms with E-state index in [0.717, 1.165) is 27.1 Å². The van der Waals surface area contributed by atoms with Crippen LogP contribution in [0.4, 0.5) is 5.69 Å². The molecule has 0 saturated carbocycles. The van der Waals surface area contributed by atoms with Gasteiger partial charge in [0.15, 0.2) is 10.8 Å². The molecule has 2 N–H and O–H groups in total. The number of nitrogens with two attached hydrogens (primary N) is 1. The van der Waals surface area contributed by atoms with Crippen molar-refractivity contribution < 1.29 is 4.74 Å². The first-order chi connectivity index (χ1) is 8.69. The van der Waals surface area contributed by atoms with E-state index in [9.17, 15) is 0 Å². The van der Waals surface area contributed by atoms with Crippen molar-refractivity contribution in [2.45, 2.75) is 6.92 Å². The van der Waals surface area contributed by atoms with Crippen LogP contribution in [0.3, 0.4) is 0 Å². The van der Waals surface area contributed by atoms with Crippen molar-refractivity contribution in [3.05, 3.63) is 24.0 Å². The number of nitrogens with zero attached hydrogens (tertiary/aromatic N) is 4. The van der Waals surface area contributed by atoms with Gasteiger partial charge in [0.1, 0.15) is 5.75 Å². The van der Waals surface area contributed by atoms with Crippen molar-refractivity contribution in [1.82, 2.24) is 19.8 Å². The second-order valence-electron chi connectivity index (χ2n) is 3.81. The maximum Gasteiger partial charge on any atom is 0.234 e. The summed E-state index contributed by atoms with van der Waals surface area (Å²) in [7, 11) is 1.63. The second kappa shape index (κ2) is 3.95. The fourth-order valence-electron chi connectivity index (χ4n) is 1.72. The van der Waals surface area contributed by atoms with Gasteiger partial charge in [-0.2, -0.15) is 9.61 Å². The van der Waals surface area contributed by atoms with Crippen LogP contribution in [0.1, 0.15) is 5.82 Å². The minimum atomic E-state index is 0.675. The van der Waals surface area contributed by atoms with Gasteiger partial charge in [-0.3, -0.25) is 0 Å². The summed E-state index contributed by atoms with van der Waals surface area (Å²) in [5.74, 6) is 1.50. The highest BCUT2D eigenvalue weighted by molar-refractivity contribution is 7.19. The van der Waals surface area contributed by atoms with Crippen molar-refractivity contribution in [1.29, 1.82) is 0 Å². The molecular weight excluding hydrogens is 250 g/mol. The summed E-state index contributed by atoms with van der Waals surface area (Å²) in [6, 6.07) is 5.48. The summed E-state index contributed by atoms with van der Waals surface area (Å²) >= 11 is 1.45. The number of aryl methyl sites for hydroxylation is 1. The van der Waals surface area contributed by atoms with Gasteiger partial charge < -0.3 is 10.5 Å². The predicted octanol–water partition coefficient (Wildman–Crippen LogP) is 1.75. The van der Waals surface area contributed by atoms with Crippen LogP contribution in [0.5, 0.6) is 5.75 Å². The average molecular weight is 261 g/mol. The Morgan fingerprint density at radius 2 is 2.17 bits per heavy atom. The molecule has 6 nitrogen and oxygen atoms in total. The van der Waals surface area contributed by atoms with E-state index in [-0.39, 0.29) is 0 Å². The van der Waals surface area contributed by atoms with Gasteiger partial charge in [0.2, 0.25) is 4.96 Å². The summed E-state index contributed by atoms with van der Waals surface area (Å²) in [5.41, 5.74) is 7.35. The first kappa shape index (κ1) is 11.0. The number of rotatable bonds is 2. The molecule has 0 atom stereocenters. The van der Waals surface area contributed by atoms with E-state index in [1.807, 2.05) is 19.1 Å². The van der Waals surface area contributed by atoms with Gasteiger partial charge in [0.05, 0.1) is 12.7 Å². The normalized spacial score (nSPS) is 11.0. The fourth-order valence-corrected chi connectivity index (χ4v) is 2.62. The highest BCUT2D eigenvalue weighted by atomic mass is 32.1. The highest BCUT2D eigenvalue weighted by Crippen LogP contribution is 2.34. The van der Waals surface area contributed by atoms with Gasteiger partial charge in [-0.05, 0) is 25.1 Å². The van der Waals surface area contributed by atoms with E-state index in [0.29, 0.717) is 5.69 Å². The molecule has 0 bridgehead atoms. The molecule has 0 radical (unpaired) electrons. The van der Waals surface area contributed by atoms with Crippen LogP contribution < -0.4 is 10.5 Å². The molecule has 0 aliphatic rings. The number of benzene rings is 1. The van der Waals surface area contributed by atoms with Crippen LogP contribution in [-0.4, -0.2) is 26.9 Å². The fraction of sp³-hybridized carbons (Fsp3) is 0.182. The van der Waals surface area contributed by atoms with Gasteiger partial charge >= 0.3 is 0 Å². The molecule has 7 heteroatoms. The SMILES string of the molecule is COc1ccc(N)cc1-c1nn2c(C)nnc2s1. The molecule has 0 aliphatic carbocycles. The van der Waals surface area contributed by atoms with Crippen LogP contribution in [0, 0.1) is 6.92 Å². The lowest BCUT2D eigenvalue weighted by molar-refractivity contribution is 0.416. The number of methoxy groups -OCH3 is 1. The molecule has 18 heavy (non-hydrogen) atoms. The van der Waals surface area contributed by atoms with Gasteiger partial charge in [0.25, 0.3) is 0 Å².